The van der Waals surface area contributed by atoms with Gasteiger partial charge in [-0.3, -0.25) is 32.5 Å². The molecule has 5 unspecified atom stereocenters. The summed E-state index contributed by atoms with van der Waals surface area (Å²) >= 11 is 0. The molecule has 0 spiro atoms. The zero-order valence-electron chi connectivity index (χ0n) is 68.4. The lowest BCUT2D eigenvalue weighted by atomic mass is 10.0. The minimum atomic E-state index is -4.95. The summed E-state index contributed by atoms with van der Waals surface area (Å²) in [5.41, 5.74) is 0. The van der Waals surface area contributed by atoms with Gasteiger partial charge in [0.25, 0.3) is 0 Å². The Labute approximate surface area is 663 Å². The van der Waals surface area contributed by atoms with Crippen LogP contribution in [0.4, 0.5) is 0 Å². The van der Waals surface area contributed by atoms with Gasteiger partial charge in [-0.25, -0.2) is 9.13 Å². The standard InChI is InChI=1S/C91H154O16P2/c1-4-7-10-13-16-19-22-25-28-31-34-36-38-40-42-44-46-48-51-53-56-59-62-65-68-71-74-77-89(94)101-80-86(92)81-103-108(97,98)104-82-87(93)83-105-109(99,100)106-85-88(107-91(96)79-76-73-70-67-64-61-58-55-50-33-30-27-24-21-18-15-12-9-6-3)84-102-90(95)78-75-72-69-66-63-60-57-54-52-49-47-45-43-41-39-37-35-32-29-26-23-20-17-14-11-8-5-2/h7,9-10,12,16-21,25-30,34-37,40-43,50,55,86-88,92-93H,4-6,8,11,13-15,22-24,31-33,38-39,44-49,51-54,56-85H2,1-3H3,(H,97,98)(H,99,100)/b10-7-,12-9-,19-16-,20-17-,21-18-,28-25-,29-26-,30-27-,36-34-,37-35-,42-40-,43-41-,55-50-. The molecule has 0 heterocycles. The molecule has 5 atom stereocenters. The van der Waals surface area contributed by atoms with Gasteiger partial charge in [0.2, 0.25) is 0 Å². The van der Waals surface area contributed by atoms with E-state index in [1.165, 1.54) is 109 Å². The molecule has 4 N–H and O–H groups in total. The van der Waals surface area contributed by atoms with Gasteiger partial charge in [0.1, 0.15) is 25.4 Å². The van der Waals surface area contributed by atoms with E-state index in [0.717, 1.165) is 173 Å². The van der Waals surface area contributed by atoms with Crippen molar-refractivity contribution in [1.29, 1.82) is 0 Å². The van der Waals surface area contributed by atoms with E-state index in [9.17, 15) is 43.5 Å². The van der Waals surface area contributed by atoms with Crippen molar-refractivity contribution < 1.29 is 75.8 Å². The minimum absolute atomic E-state index is 0.0838. The number of phosphoric acid groups is 2. The zero-order valence-corrected chi connectivity index (χ0v) is 70.2. The van der Waals surface area contributed by atoms with E-state index >= 15 is 0 Å². The first kappa shape index (κ1) is 104. The van der Waals surface area contributed by atoms with Crippen LogP contribution in [-0.2, 0) is 55.8 Å². The van der Waals surface area contributed by atoms with Crippen LogP contribution < -0.4 is 0 Å². The highest BCUT2D eigenvalue weighted by Gasteiger charge is 2.29. The number of carbonyl (C=O) groups is 3. The normalized spacial score (nSPS) is 14.7. The van der Waals surface area contributed by atoms with Crippen LogP contribution in [0.5, 0.6) is 0 Å². The van der Waals surface area contributed by atoms with E-state index in [2.05, 4.69) is 179 Å². The van der Waals surface area contributed by atoms with Gasteiger partial charge in [0.05, 0.1) is 26.4 Å². The number of rotatable bonds is 80. The van der Waals surface area contributed by atoms with Crippen molar-refractivity contribution in [3.05, 3.63) is 158 Å². The second-order valence-electron chi connectivity index (χ2n) is 28.2. The van der Waals surface area contributed by atoms with Crippen molar-refractivity contribution in [2.75, 3.05) is 39.6 Å². The number of hydrogen-bond donors (Lipinski definition) is 4. The zero-order chi connectivity index (χ0) is 79.4. The van der Waals surface area contributed by atoms with E-state index in [1.807, 2.05) is 0 Å². The second kappa shape index (κ2) is 82.6. The van der Waals surface area contributed by atoms with Gasteiger partial charge in [-0.15, -0.1) is 0 Å². The van der Waals surface area contributed by atoms with Crippen molar-refractivity contribution in [3.63, 3.8) is 0 Å². The number of esters is 3. The van der Waals surface area contributed by atoms with Crippen LogP contribution >= 0.6 is 15.6 Å². The number of hydrogen-bond acceptors (Lipinski definition) is 14. The summed E-state index contributed by atoms with van der Waals surface area (Å²) in [6.45, 7) is 2.43. The van der Waals surface area contributed by atoms with Gasteiger partial charge in [0.15, 0.2) is 6.10 Å². The van der Waals surface area contributed by atoms with E-state index in [-0.39, 0.29) is 19.3 Å². The molecular weight excluding hydrogens is 1410 g/mol. The van der Waals surface area contributed by atoms with E-state index < -0.39 is 91.5 Å². The Morgan fingerprint density at radius 2 is 0.486 bits per heavy atom. The molecule has 0 fully saturated rings. The molecule has 16 nitrogen and oxygen atoms in total. The molecule has 0 aliphatic heterocycles. The molecule has 0 saturated heterocycles. The average molecular weight is 1570 g/mol. The second-order valence-corrected chi connectivity index (χ2v) is 31.1. The third-order valence-electron chi connectivity index (χ3n) is 17.7. The van der Waals surface area contributed by atoms with Gasteiger partial charge in [-0.2, -0.15) is 0 Å². The van der Waals surface area contributed by atoms with Gasteiger partial charge >= 0.3 is 33.6 Å². The first-order valence-electron chi connectivity index (χ1n) is 42.8. The molecule has 0 aromatic carbocycles. The molecule has 0 saturated carbocycles. The van der Waals surface area contributed by atoms with Gasteiger partial charge in [-0.05, 0) is 148 Å². The third kappa shape index (κ3) is 83.9. The number of carbonyl (C=O) groups excluding carboxylic acids is 3. The summed E-state index contributed by atoms with van der Waals surface area (Å²) in [5, 5.41) is 20.7. The molecule has 109 heavy (non-hydrogen) atoms. The van der Waals surface area contributed by atoms with Gasteiger partial charge in [-0.1, -0.05) is 333 Å². The van der Waals surface area contributed by atoms with Crippen molar-refractivity contribution in [2.24, 2.45) is 0 Å². The number of phosphoric ester groups is 2. The summed E-state index contributed by atoms with van der Waals surface area (Å²) in [5.74, 6) is -1.59. The van der Waals surface area contributed by atoms with Crippen molar-refractivity contribution in [2.45, 2.75) is 360 Å². The highest BCUT2D eigenvalue weighted by atomic mass is 31.2. The molecule has 624 valence electrons. The number of unbranched alkanes of at least 4 members (excludes halogenated alkanes) is 31. The molecule has 0 amide bonds. The molecule has 18 heteroatoms. The maximum Gasteiger partial charge on any atom is 0.472 e. The predicted molar refractivity (Wildman–Crippen MR) is 454 cm³/mol. The van der Waals surface area contributed by atoms with Crippen LogP contribution in [0.3, 0.4) is 0 Å². The number of aliphatic hydroxyl groups is 2. The average Bonchev–Trinajstić information content (AvgIpc) is 0.947. The van der Waals surface area contributed by atoms with E-state index in [0.29, 0.717) is 19.3 Å². The number of allylic oxidation sites excluding steroid dienone is 26. The Morgan fingerprint density at radius 3 is 0.771 bits per heavy atom. The largest absolute Gasteiger partial charge is 0.472 e. The Balaban J connectivity index is 4.64. The molecule has 0 aromatic heterocycles. The summed E-state index contributed by atoms with van der Waals surface area (Å²) in [6.07, 6.45) is 104. The smallest absolute Gasteiger partial charge is 0.463 e. The monoisotopic (exact) mass is 1570 g/mol. The molecule has 0 bridgehead atoms. The lowest BCUT2D eigenvalue weighted by Gasteiger charge is -2.21. The Hall–Kier alpha value is -4.83. The SMILES string of the molecule is CC/C=C\C/C=C\C/C=C\C/C=C\C/C=C\CCCCCCCCCCCCCC(=O)OCC(O)COP(=O)(O)OCC(O)COP(=O)(O)OCC(COC(=O)CCCCCCCCCCCCC/C=C\C/C=C\C/C=C\C/C=C\CCCCC)OC(=O)CCCCCCCC/C=C\C/C=C\C/C=C\C/C=C\CC. The van der Waals surface area contributed by atoms with Crippen molar-refractivity contribution >= 4 is 33.6 Å². The Morgan fingerprint density at radius 1 is 0.266 bits per heavy atom. The number of ether oxygens (including phenoxy) is 3. The van der Waals surface area contributed by atoms with Gasteiger partial charge < -0.3 is 34.2 Å². The molecule has 0 aromatic rings. The molecule has 0 rings (SSSR count). The summed E-state index contributed by atoms with van der Waals surface area (Å²) in [7, 11) is -9.81. The topological polar surface area (TPSA) is 231 Å². The minimum Gasteiger partial charge on any atom is -0.463 e. The van der Waals surface area contributed by atoms with Crippen molar-refractivity contribution in [1.82, 2.24) is 0 Å². The van der Waals surface area contributed by atoms with Crippen LogP contribution in [0.1, 0.15) is 342 Å². The van der Waals surface area contributed by atoms with Gasteiger partial charge in [0, 0.05) is 19.3 Å². The van der Waals surface area contributed by atoms with E-state index in [1.54, 1.807) is 0 Å². The first-order valence-corrected chi connectivity index (χ1v) is 45.8. The third-order valence-corrected chi connectivity index (χ3v) is 19.6. The predicted octanol–water partition coefficient (Wildman–Crippen LogP) is 25.8. The molecule has 0 aliphatic rings. The summed E-state index contributed by atoms with van der Waals surface area (Å²) in [6, 6.07) is 0. The molecule has 0 radical (unpaired) electrons. The highest BCUT2D eigenvalue weighted by Crippen LogP contribution is 2.45. The lowest BCUT2D eigenvalue weighted by Crippen LogP contribution is -2.30. The fraction of sp³-hybridized carbons (Fsp3) is 0.681. The maximum atomic E-state index is 13.0. The van der Waals surface area contributed by atoms with Crippen LogP contribution in [0, 0.1) is 0 Å². The Bertz CT molecular complexity index is 2610. The fourth-order valence-electron chi connectivity index (χ4n) is 11.3. The van der Waals surface area contributed by atoms with Crippen LogP contribution in [-0.4, -0.2) is 95.9 Å². The maximum absolute atomic E-state index is 13.0. The van der Waals surface area contributed by atoms with Crippen molar-refractivity contribution in [3.8, 4) is 0 Å². The summed E-state index contributed by atoms with van der Waals surface area (Å²) in [4.78, 5) is 58.9. The fourth-order valence-corrected chi connectivity index (χ4v) is 12.9. The van der Waals surface area contributed by atoms with E-state index in [4.69, 9.17) is 32.3 Å². The van der Waals surface area contributed by atoms with Crippen LogP contribution in [0.2, 0.25) is 0 Å². The molecular formula is C91H154O16P2. The first-order chi connectivity index (χ1) is 53.2. The Kier molecular flexibility index (Phi) is 79.0. The number of aliphatic hydroxyl groups excluding tert-OH is 2. The van der Waals surface area contributed by atoms with Crippen LogP contribution in [0.15, 0.2) is 158 Å². The highest BCUT2D eigenvalue weighted by molar-refractivity contribution is 7.47. The summed E-state index contributed by atoms with van der Waals surface area (Å²) < 4.78 is 61.3. The van der Waals surface area contributed by atoms with Crippen LogP contribution in [0.25, 0.3) is 0 Å². The quantitative estimate of drug-likeness (QED) is 0.0146. The molecule has 0 aliphatic carbocycles. The lowest BCUT2D eigenvalue weighted by molar-refractivity contribution is -0.161.